The number of aromatic amines is 1. The first-order chi connectivity index (χ1) is 8.13. The average Bonchev–Trinajstić information content (AvgIpc) is 2.55. The molecule has 0 unspecified atom stereocenters. The number of aryl methyl sites for hydroxylation is 2. The molecule has 17 heavy (non-hydrogen) atoms. The normalized spacial score (nSPS) is 11.2. The summed E-state index contributed by atoms with van der Waals surface area (Å²) in [7, 11) is 0. The Bertz CT molecular complexity index is 586. The summed E-state index contributed by atoms with van der Waals surface area (Å²) in [5, 5.41) is 1.50. The molecule has 2 aromatic heterocycles. The Morgan fingerprint density at radius 2 is 2.18 bits per heavy atom. The minimum atomic E-state index is -0.00384. The van der Waals surface area contributed by atoms with Gasteiger partial charge in [-0.05, 0) is 25.8 Å². The van der Waals surface area contributed by atoms with Gasteiger partial charge in [-0.2, -0.15) is 0 Å². The fourth-order valence-electron chi connectivity index (χ4n) is 1.62. The van der Waals surface area contributed by atoms with Crippen LogP contribution in [0.25, 0.3) is 10.2 Å². The van der Waals surface area contributed by atoms with Gasteiger partial charge < -0.3 is 4.98 Å². The molecule has 0 spiro atoms. The van der Waals surface area contributed by atoms with Crippen LogP contribution in [0.5, 0.6) is 0 Å². The number of rotatable bonds is 4. The van der Waals surface area contributed by atoms with E-state index in [0.717, 1.165) is 39.5 Å². The van der Waals surface area contributed by atoms with E-state index in [9.17, 15) is 4.79 Å². The van der Waals surface area contributed by atoms with Gasteiger partial charge >= 0.3 is 0 Å². The molecule has 0 aliphatic carbocycles. The molecule has 3 nitrogen and oxygen atoms in total. The summed E-state index contributed by atoms with van der Waals surface area (Å²) < 4.78 is 0. The topological polar surface area (TPSA) is 45.8 Å². The van der Waals surface area contributed by atoms with E-state index in [1.54, 1.807) is 23.1 Å². The number of thiophene rings is 1. The number of unbranched alkanes of at least 4 members (excludes halogenated alkanes) is 1. The van der Waals surface area contributed by atoms with Crippen LogP contribution in [0, 0.1) is 13.8 Å². The highest BCUT2D eigenvalue weighted by Crippen LogP contribution is 2.27. The summed E-state index contributed by atoms with van der Waals surface area (Å²) in [4.78, 5) is 21.4. The maximum atomic E-state index is 12.0. The lowest BCUT2D eigenvalue weighted by Crippen LogP contribution is -2.08. The second kappa shape index (κ2) is 5.23. The van der Waals surface area contributed by atoms with Gasteiger partial charge in [0.15, 0.2) is 5.16 Å². The molecule has 0 amide bonds. The number of thioether (sulfide) groups is 1. The van der Waals surface area contributed by atoms with Gasteiger partial charge in [-0.3, -0.25) is 4.79 Å². The number of H-pyrrole nitrogens is 1. The first-order valence-corrected chi connectivity index (χ1v) is 7.56. The molecule has 5 heteroatoms. The van der Waals surface area contributed by atoms with Gasteiger partial charge in [0, 0.05) is 10.6 Å². The molecule has 0 aromatic carbocycles. The first-order valence-electron chi connectivity index (χ1n) is 5.76. The lowest BCUT2D eigenvalue weighted by molar-refractivity contribution is 0.889. The molecule has 2 aromatic rings. The monoisotopic (exact) mass is 268 g/mol. The van der Waals surface area contributed by atoms with Crippen molar-refractivity contribution in [1.29, 1.82) is 0 Å². The molecule has 1 N–H and O–H groups in total. The molecule has 0 aliphatic heterocycles. The third kappa shape index (κ3) is 2.55. The zero-order valence-electron chi connectivity index (χ0n) is 10.3. The predicted octanol–water partition coefficient (Wildman–Crippen LogP) is 3.49. The van der Waals surface area contributed by atoms with Crippen molar-refractivity contribution in [2.45, 2.75) is 38.8 Å². The number of nitrogens with zero attached hydrogens (tertiary/aromatic N) is 1. The van der Waals surface area contributed by atoms with Crippen LogP contribution in [-0.2, 0) is 0 Å². The van der Waals surface area contributed by atoms with E-state index < -0.39 is 0 Å². The Hall–Kier alpha value is -0.810. The van der Waals surface area contributed by atoms with Crippen molar-refractivity contribution in [2.24, 2.45) is 0 Å². The van der Waals surface area contributed by atoms with Crippen molar-refractivity contribution >= 4 is 33.3 Å². The summed E-state index contributed by atoms with van der Waals surface area (Å²) >= 11 is 3.23. The zero-order valence-corrected chi connectivity index (χ0v) is 11.9. The maximum absolute atomic E-state index is 12.0. The zero-order chi connectivity index (χ0) is 12.4. The van der Waals surface area contributed by atoms with Crippen LogP contribution in [0.3, 0.4) is 0 Å². The molecule has 92 valence electrons. The van der Waals surface area contributed by atoms with E-state index in [-0.39, 0.29) is 5.56 Å². The van der Waals surface area contributed by atoms with Crippen molar-refractivity contribution in [1.82, 2.24) is 9.97 Å². The maximum Gasteiger partial charge on any atom is 0.260 e. The molecular formula is C12H16N2OS2. The summed E-state index contributed by atoms with van der Waals surface area (Å²) in [6, 6.07) is 0. The quantitative estimate of drug-likeness (QED) is 0.524. The highest BCUT2D eigenvalue weighted by molar-refractivity contribution is 7.99. The Kier molecular flexibility index (Phi) is 3.89. The SMILES string of the molecule is CCCCSc1nc2sc(C)c(C)c2c(=O)[nH]1. The highest BCUT2D eigenvalue weighted by atomic mass is 32.2. The van der Waals surface area contributed by atoms with Gasteiger partial charge in [0.2, 0.25) is 0 Å². The van der Waals surface area contributed by atoms with Crippen LogP contribution in [0.1, 0.15) is 30.2 Å². The van der Waals surface area contributed by atoms with Gasteiger partial charge in [-0.15, -0.1) is 11.3 Å². The van der Waals surface area contributed by atoms with Crippen LogP contribution in [0.4, 0.5) is 0 Å². The van der Waals surface area contributed by atoms with Gasteiger partial charge in [-0.25, -0.2) is 4.98 Å². The standard InChI is InChI=1S/C12H16N2OS2/c1-4-5-6-16-12-13-10(15)9-7(2)8(3)17-11(9)14-12/h4-6H2,1-3H3,(H,13,14,15). The smallest absolute Gasteiger partial charge is 0.260 e. The van der Waals surface area contributed by atoms with E-state index >= 15 is 0 Å². The fourth-order valence-corrected chi connectivity index (χ4v) is 3.65. The van der Waals surface area contributed by atoms with E-state index in [0.29, 0.717) is 0 Å². The number of fused-ring (bicyclic) bond motifs is 1. The van der Waals surface area contributed by atoms with Gasteiger partial charge in [0.1, 0.15) is 4.83 Å². The second-order valence-electron chi connectivity index (χ2n) is 4.04. The number of hydrogen-bond acceptors (Lipinski definition) is 4. The van der Waals surface area contributed by atoms with E-state index in [4.69, 9.17) is 0 Å². The molecule has 0 fully saturated rings. The number of aromatic nitrogens is 2. The van der Waals surface area contributed by atoms with Crippen LogP contribution >= 0.6 is 23.1 Å². The summed E-state index contributed by atoms with van der Waals surface area (Å²) in [5.41, 5.74) is 1.06. The van der Waals surface area contributed by atoms with Gasteiger partial charge in [0.25, 0.3) is 5.56 Å². The highest BCUT2D eigenvalue weighted by Gasteiger charge is 2.11. The minimum absolute atomic E-state index is 0.00384. The molecule has 2 rings (SSSR count). The third-order valence-corrected chi connectivity index (χ3v) is 4.81. The molecule has 0 bridgehead atoms. The summed E-state index contributed by atoms with van der Waals surface area (Å²) in [6.45, 7) is 6.17. The number of nitrogens with one attached hydrogen (secondary N) is 1. The Morgan fingerprint density at radius 1 is 1.41 bits per heavy atom. The molecule has 2 heterocycles. The Balaban J connectivity index is 2.39. The van der Waals surface area contributed by atoms with E-state index in [1.807, 2.05) is 13.8 Å². The van der Waals surface area contributed by atoms with Gasteiger partial charge in [0.05, 0.1) is 5.39 Å². The first kappa shape index (κ1) is 12.6. The third-order valence-electron chi connectivity index (χ3n) is 2.75. The predicted molar refractivity (Wildman–Crippen MR) is 75.3 cm³/mol. The van der Waals surface area contributed by atoms with Crippen LogP contribution in [0.2, 0.25) is 0 Å². The molecule has 0 saturated heterocycles. The largest absolute Gasteiger partial charge is 0.301 e. The van der Waals surface area contributed by atoms with E-state index in [1.165, 1.54) is 4.88 Å². The Morgan fingerprint density at radius 3 is 2.88 bits per heavy atom. The van der Waals surface area contributed by atoms with Crippen molar-refractivity contribution in [3.05, 3.63) is 20.8 Å². The lowest BCUT2D eigenvalue weighted by atomic mass is 10.2. The summed E-state index contributed by atoms with van der Waals surface area (Å²) in [5.74, 6) is 1.01. The van der Waals surface area contributed by atoms with Crippen molar-refractivity contribution in [2.75, 3.05) is 5.75 Å². The lowest BCUT2D eigenvalue weighted by Gasteiger charge is -1.99. The molecule has 0 aliphatic rings. The molecule has 0 atom stereocenters. The summed E-state index contributed by atoms with van der Waals surface area (Å²) in [6.07, 6.45) is 2.31. The van der Waals surface area contributed by atoms with E-state index in [2.05, 4.69) is 16.9 Å². The molecular weight excluding hydrogens is 252 g/mol. The van der Waals surface area contributed by atoms with Crippen LogP contribution < -0.4 is 5.56 Å². The van der Waals surface area contributed by atoms with Crippen LogP contribution in [-0.4, -0.2) is 15.7 Å². The Labute approximate surface area is 109 Å². The second-order valence-corrected chi connectivity index (χ2v) is 6.32. The molecule has 0 saturated carbocycles. The van der Waals surface area contributed by atoms with Crippen molar-refractivity contribution < 1.29 is 0 Å². The van der Waals surface area contributed by atoms with Gasteiger partial charge in [-0.1, -0.05) is 25.1 Å². The number of hydrogen-bond donors (Lipinski definition) is 1. The average molecular weight is 268 g/mol. The van der Waals surface area contributed by atoms with Crippen molar-refractivity contribution in [3.8, 4) is 0 Å². The van der Waals surface area contributed by atoms with Crippen LogP contribution in [0.15, 0.2) is 9.95 Å². The van der Waals surface area contributed by atoms with Crippen molar-refractivity contribution in [3.63, 3.8) is 0 Å². The minimum Gasteiger partial charge on any atom is -0.301 e. The molecule has 0 radical (unpaired) electrons. The fraction of sp³-hybridized carbons (Fsp3) is 0.500.